The molecule has 1 fully saturated rings. The fourth-order valence-corrected chi connectivity index (χ4v) is 2.05. The van der Waals surface area contributed by atoms with Gasteiger partial charge in [0.2, 0.25) is 0 Å². The number of hydrogen-bond acceptors (Lipinski definition) is 3. The summed E-state index contributed by atoms with van der Waals surface area (Å²) >= 11 is 0. The number of hydrogen-bond donors (Lipinski definition) is 1. The van der Waals surface area contributed by atoms with E-state index in [1.54, 1.807) is 6.08 Å². The second-order valence-corrected chi connectivity index (χ2v) is 4.59. The molecule has 0 saturated carbocycles. The van der Waals surface area contributed by atoms with Crippen LogP contribution in [-0.4, -0.2) is 43.2 Å². The predicted molar refractivity (Wildman–Crippen MR) is 68.6 cm³/mol. The van der Waals surface area contributed by atoms with Gasteiger partial charge in [-0.2, -0.15) is 0 Å². The molecule has 0 aromatic rings. The molecule has 1 rings (SSSR count). The first-order chi connectivity index (χ1) is 8.19. The molecule has 1 aliphatic rings. The zero-order chi connectivity index (χ0) is 12.7. The molecule has 2 N–H and O–H groups in total. The number of carbonyl (C=O) groups excluding carboxylic acids is 1. The van der Waals surface area contributed by atoms with E-state index < -0.39 is 0 Å². The Morgan fingerprint density at radius 2 is 2.24 bits per heavy atom. The molecule has 1 aliphatic heterocycles. The van der Waals surface area contributed by atoms with Crippen LogP contribution in [0.4, 0.5) is 0 Å². The van der Waals surface area contributed by atoms with Gasteiger partial charge in [-0.05, 0) is 38.6 Å². The average molecular weight is 240 g/mol. The van der Waals surface area contributed by atoms with E-state index in [1.807, 2.05) is 11.8 Å². The summed E-state index contributed by atoms with van der Waals surface area (Å²) < 4.78 is 5.46. The summed E-state index contributed by atoms with van der Waals surface area (Å²) in [6, 6.07) is 0. The van der Waals surface area contributed by atoms with Crippen molar-refractivity contribution in [2.75, 3.05) is 26.2 Å². The van der Waals surface area contributed by atoms with Crippen LogP contribution in [-0.2, 0) is 9.53 Å². The minimum Gasteiger partial charge on any atom is -0.368 e. The van der Waals surface area contributed by atoms with Crippen molar-refractivity contribution in [1.29, 1.82) is 0 Å². The van der Waals surface area contributed by atoms with Crippen LogP contribution in [0.25, 0.3) is 0 Å². The monoisotopic (exact) mass is 240 g/mol. The van der Waals surface area contributed by atoms with Crippen LogP contribution in [0.2, 0.25) is 0 Å². The molecule has 0 aromatic carbocycles. The highest BCUT2D eigenvalue weighted by Gasteiger charge is 2.25. The molecule has 1 saturated heterocycles. The number of nitrogens with two attached hydrogens (primary N) is 1. The van der Waals surface area contributed by atoms with Crippen molar-refractivity contribution in [1.82, 2.24) is 4.90 Å². The molecule has 1 atom stereocenters. The van der Waals surface area contributed by atoms with E-state index in [-0.39, 0.29) is 12.0 Å². The summed E-state index contributed by atoms with van der Waals surface area (Å²) in [5.74, 6) is 0.681. The second kappa shape index (κ2) is 7.45. The molecule has 1 heterocycles. The summed E-state index contributed by atoms with van der Waals surface area (Å²) in [6.07, 6.45) is 4.27. The zero-order valence-corrected chi connectivity index (χ0v) is 10.7. The molecular formula is C13H24N2O2. The predicted octanol–water partition coefficient (Wildman–Crippen LogP) is 1.16. The smallest absolute Gasteiger partial charge is 0.251 e. The topological polar surface area (TPSA) is 55.6 Å². The zero-order valence-electron chi connectivity index (χ0n) is 10.7. The summed E-state index contributed by atoms with van der Waals surface area (Å²) in [7, 11) is 0. The van der Waals surface area contributed by atoms with E-state index in [9.17, 15) is 4.79 Å². The van der Waals surface area contributed by atoms with Crippen molar-refractivity contribution in [2.45, 2.75) is 32.3 Å². The number of nitrogens with zero attached hydrogens (tertiary/aromatic N) is 1. The minimum atomic E-state index is -0.343. The summed E-state index contributed by atoms with van der Waals surface area (Å²) in [5.41, 5.74) is 5.63. The quantitative estimate of drug-likeness (QED) is 0.560. The largest absolute Gasteiger partial charge is 0.368 e. The Kier molecular flexibility index (Phi) is 6.22. The van der Waals surface area contributed by atoms with Crippen molar-refractivity contribution in [3.05, 3.63) is 12.7 Å². The molecule has 0 bridgehead atoms. The Morgan fingerprint density at radius 3 is 2.76 bits per heavy atom. The average Bonchev–Trinajstić information content (AvgIpc) is 2.38. The molecular weight excluding hydrogens is 216 g/mol. The number of rotatable bonds is 6. The van der Waals surface area contributed by atoms with Gasteiger partial charge in [0, 0.05) is 13.1 Å². The van der Waals surface area contributed by atoms with Gasteiger partial charge in [0.25, 0.3) is 5.91 Å². The molecule has 4 heteroatoms. The number of ether oxygens (including phenoxy) is 1. The third-order valence-corrected chi connectivity index (χ3v) is 3.30. The molecule has 1 unspecified atom stereocenters. The lowest BCUT2D eigenvalue weighted by Gasteiger charge is -2.33. The van der Waals surface area contributed by atoms with Crippen molar-refractivity contribution in [3.8, 4) is 0 Å². The van der Waals surface area contributed by atoms with Crippen LogP contribution in [0.1, 0.15) is 26.2 Å². The van der Waals surface area contributed by atoms with E-state index in [2.05, 4.69) is 6.58 Å². The number of piperidine rings is 1. The highest BCUT2D eigenvalue weighted by molar-refractivity contribution is 5.80. The SMILES string of the molecule is C=CCCOC(C)C(=O)N1CCC(CN)CC1. The Hall–Kier alpha value is -0.870. The van der Waals surface area contributed by atoms with Gasteiger partial charge < -0.3 is 15.4 Å². The van der Waals surface area contributed by atoms with Gasteiger partial charge in [-0.15, -0.1) is 6.58 Å². The van der Waals surface area contributed by atoms with Gasteiger partial charge in [0.15, 0.2) is 0 Å². The maximum Gasteiger partial charge on any atom is 0.251 e. The third kappa shape index (κ3) is 4.48. The van der Waals surface area contributed by atoms with Crippen LogP contribution >= 0.6 is 0 Å². The Bertz CT molecular complexity index is 248. The van der Waals surface area contributed by atoms with Gasteiger partial charge in [-0.1, -0.05) is 6.08 Å². The van der Waals surface area contributed by atoms with Crippen molar-refractivity contribution < 1.29 is 9.53 Å². The van der Waals surface area contributed by atoms with Crippen molar-refractivity contribution in [3.63, 3.8) is 0 Å². The molecule has 1 amide bonds. The lowest BCUT2D eigenvalue weighted by molar-refractivity contribution is -0.143. The molecule has 98 valence electrons. The second-order valence-electron chi connectivity index (χ2n) is 4.59. The van der Waals surface area contributed by atoms with Gasteiger partial charge in [-0.3, -0.25) is 4.79 Å². The van der Waals surface area contributed by atoms with Gasteiger partial charge in [-0.25, -0.2) is 0 Å². The maximum atomic E-state index is 12.0. The molecule has 17 heavy (non-hydrogen) atoms. The van der Waals surface area contributed by atoms with Crippen LogP contribution < -0.4 is 5.73 Å². The molecule has 4 nitrogen and oxygen atoms in total. The van der Waals surface area contributed by atoms with E-state index in [4.69, 9.17) is 10.5 Å². The molecule has 0 radical (unpaired) electrons. The normalized spacial score (nSPS) is 19.1. The number of likely N-dealkylation sites (tertiary alicyclic amines) is 1. The summed E-state index contributed by atoms with van der Waals surface area (Å²) in [5, 5.41) is 0. The Labute approximate surface area is 104 Å². The first-order valence-corrected chi connectivity index (χ1v) is 6.40. The third-order valence-electron chi connectivity index (χ3n) is 3.30. The van der Waals surface area contributed by atoms with Crippen LogP contribution in [0.15, 0.2) is 12.7 Å². The first kappa shape index (κ1) is 14.2. The lowest BCUT2D eigenvalue weighted by atomic mass is 9.97. The van der Waals surface area contributed by atoms with E-state index in [1.165, 1.54) is 0 Å². The molecule has 0 aromatic heterocycles. The molecule has 0 aliphatic carbocycles. The highest BCUT2D eigenvalue weighted by atomic mass is 16.5. The number of carbonyl (C=O) groups is 1. The minimum absolute atomic E-state index is 0.101. The standard InChI is InChI=1S/C13H24N2O2/c1-3-4-9-17-11(2)13(16)15-7-5-12(10-14)6-8-15/h3,11-12H,1,4-10,14H2,2H3. The fourth-order valence-electron chi connectivity index (χ4n) is 2.05. The van der Waals surface area contributed by atoms with Gasteiger partial charge in [0.1, 0.15) is 6.10 Å². The maximum absolute atomic E-state index is 12.0. The van der Waals surface area contributed by atoms with E-state index in [0.29, 0.717) is 12.5 Å². The Morgan fingerprint density at radius 1 is 1.59 bits per heavy atom. The highest BCUT2D eigenvalue weighted by Crippen LogP contribution is 2.16. The number of amides is 1. The fraction of sp³-hybridized carbons (Fsp3) is 0.769. The van der Waals surface area contributed by atoms with Crippen molar-refractivity contribution in [2.24, 2.45) is 11.7 Å². The Balaban J connectivity index is 2.29. The van der Waals surface area contributed by atoms with Crippen molar-refractivity contribution >= 4 is 5.91 Å². The van der Waals surface area contributed by atoms with Crippen LogP contribution in [0, 0.1) is 5.92 Å². The van der Waals surface area contributed by atoms with E-state index in [0.717, 1.165) is 38.9 Å². The van der Waals surface area contributed by atoms with Crippen LogP contribution in [0.3, 0.4) is 0 Å². The lowest BCUT2D eigenvalue weighted by Crippen LogP contribution is -2.44. The van der Waals surface area contributed by atoms with Gasteiger partial charge >= 0.3 is 0 Å². The first-order valence-electron chi connectivity index (χ1n) is 6.40. The van der Waals surface area contributed by atoms with E-state index >= 15 is 0 Å². The van der Waals surface area contributed by atoms with Crippen LogP contribution in [0.5, 0.6) is 0 Å². The molecule has 0 spiro atoms. The summed E-state index contributed by atoms with van der Waals surface area (Å²) in [4.78, 5) is 13.9. The van der Waals surface area contributed by atoms with Gasteiger partial charge in [0.05, 0.1) is 6.61 Å². The summed E-state index contributed by atoms with van der Waals surface area (Å²) in [6.45, 7) is 8.37.